The Labute approximate surface area is 165 Å². The van der Waals surface area contributed by atoms with Gasteiger partial charge in [-0.3, -0.25) is 4.79 Å². The molecule has 6 nitrogen and oxygen atoms in total. The fourth-order valence-corrected chi connectivity index (χ4v) is 2.65. The first kappa shape index (κ1) is 20.8. The molecule has 0 fully saturated rings. The molecular weight excluding hydrogens is 400 g/mol. The molecule has 27 heavy (non-hydrogen) atoms. The van der Waals surface area contributed by atoms with Crippen LogP contribution in [0, 0.1) is 5.82 Å². The molecule has 2 aromatic carbocycles. The summed E-state index contributed by atoms with van der Waals surface area (Å²) in [6.45, 7) is 1.38. The summed E-state index contributed by atoms with van der Waals surface area (Å²) in [5, 5.41) is 2.63. The van der Waals surface area contributed by atoms with Gasteiger partial charge in [0.25, 0.3) is 5.91 Å². The van der Waals surface area contributed by atoms with Gasteiger partial charge in [-0.25, -0.2) is 9.18 Å². The van der Waals surface area contributed by atoms with Gasteiger partial charge < -0.3 is 19.5 Å². The molecule has 144 valence electrons. The summed E-state index contributed by atoms with van der Waals surface area (Å²) in [6, 6.07) is 6.22. The number of anilines is 1. The van der Waals surface area contributed by atoms with Crippen molar-refractivity contribution < 1.29 is 28.2 Å². The van der Waals surface area contributed by atoms with Crippen molar-refractivity contribution in [3.05, 3.63) is 51.8 Å². The van der Waals surface area contributed by atoms with Crippen LogP contribution in [-0.4, -0.2) is 32.2 Å². The third-order valence-corrected chi connectivity index (χ3v) is 4.10. The Morgan fingerprint density at radius 2 is 1.78 bits per heavy atom. The highest BCUT2D eigenvalue weighted by Gasteiger charge is 2.22. The zero-order valence-corrected chi connectivity index (χ0v) is 16.2. The molecule has 0 heterocycles. The van der Waals surface area contributed by atoms with Crippen molar-refractivity contribution in [2.45, 2.75) is 13.0 Å². The predicted octanol–water partition coefficient (Wildman–Crippen LogP) is 4.33. The average Bonchev–Trinajstić information content (AvgIpc) is 2.62. The van der Waals surface area contributed by atoms with Crippen molar-refractivity contribution in [3.8, 4) is 11.5 Å². The molecule has 0 aliphatic carbocycles. The Balaban J connectivity index is 2.10. The van der Waals surface area contributed by atoms with Gasteiger partial charge in [0.15, 0.2) is 17.6 Å². The Morgan fingerprint density at radius 3 is 2.37 bits per heavy atom. The van der Waals surface area contributed by atoms with Crippen LogP contribution in [0.15, 0.2) is 30.3 Å². The lowest BCUT2D eigenvalue weighted by Gasteiger charge is -2.15. The number of hydrogen-bond donors (Lipinski definition) is 1. The normalized spacial score (nSPS) is 11.5. The van der Waals surface area contributed by atoms with E-state index in [1.807, 2.05) is 0 Å². The van der Waals surface area contributed by atoms with Crippen LogP contribution in [0.25, 0.3) is 0 Å². The van der Waals surface area contributed by atoms with E-state index in [-0.39, 0.29) is 32.8 Å². The molecule has 2 aromatic rings. The third-order valence-electron chi connectivity index (χ3n) is 3.51. The highest BCUT2D eigenvalue weighted by Crippen LogP contribution is 2.36. The minimum absolute atomic E-state index is 0.0218. The van der Waals surface area contributed by atoms with Crippen LogP contribution < -0.4 is 14.8 Å². The molecule has 0 saturated heterocycles. The van der Waals surface area contributed by atoms with Crippen LogP contribution in [0.2, 0.25) is 10.0 Å². The fraction of sp³-hybridized carbons (Fsp3) is 0.222. The van der Waals surface area contributed by atoms with Gasteiger partial charge in [0.2, 0.25) is 0 Å². The summed E-state index contributed by atoms with van der Waals surface area (Å²) < 4.78 is 28.4. The van der Waals surface area contributed by atoms with Crippen molar-refractivity contribution in [2.24, 2.45) is 0 Å². The van der Waals surface area contributed by atoms with Crippen LogP contribution in [0.1, 0.15) is 17.3 Å². The Kier molecular flexibility index (Phi) is 6.87. The molecule has 1 N–H and O–H groups in total. The number of hydrogen-bond acceptors (Lipinski definition) is 5. The van der Waals surface area contributed by atoms with Gasteiger partial charge in [0.05, 0.1) is 35.5 Å². The smallest absolute Gasteiger partial charge is 0.339 e. The van der Waals surface area contributed by atoms with Gasteiger partial charge in [-0.2, -0.15) is 0 Å². The number of rotatable bonds is 6. The van der Waals surface area contributed by atoms with Gasteiger partial charge in [-0.1, -0.05) is 23.2 Å². The zero-order valence-electron chi connectivity index (χ0n) is 14.6. The zero-order chi connectivity index (χ0) is 20.1. The lowest BCUT2D eigenvalue weighted by Crippen LogP contribution is -2.30. The molecule has 0 aromatic heterocycles. The molecule has 1 amide bonds. The molecule has 1 unspecified atom stereocenters. The Hall–Kier alpha value is -2.51. The number of halogens is 3. The Morgan fingerprint density at radius 1 is 1.07 bits per heavy atom. The van der Waals surface area contributed by atoms with E-state index in [2.05, 4.69) is 5.32 Å². The summed E-state index contributed by atoms with van der Waals surface area (Å²) in [4.78, 5) is 24.5. The topological polar surface area (TPSA) is 73.9 Å². The van der Waals surface area contributed by atoms with Crippen molar-refractivity contribution in [2.75, 3.05) is 19.5 Å². The van der Waals surface area contributed by atoms with Crippen molar-refractivity contribution in [1.29, 1.82) is 0 Å². The lowest BCUT2D eigenvalue weighted by atomic mass is 10.2. The number of ether oxygens (including phenoxy) is 3. The molecule has 0 bridgehead atoms. The monoisotopic (exact) mass is 415 g/mol. The molecule has 2 rings (SSSR count). The second kappa shape index (κ2) is 8.92. The maximum Gasteiger partial charge on any atom is 0.339 e. The molecule has 0 radical (unpaired) electrons. The maximum absolute atomic E-state index is 13.1. The molecule has 1 atom stereocenters. The maximum atomic E-state index is 13.1. The molecular formula is C18H16Cl2FNO5. The van der Waals surface area contributed by atoms with Crippen molar-refractivity contribution >= 4 is 40.8 Å². The highest BCUT2D eigenvalue weighted by molar-refractivity contribution is 6.33. The number of nitrogens with one attached hydrogen (secondary N) is 1. The van der Waals surface area contributed by atoms with E-state index < -0.39 is 23.8 Å². The standard InChI is InChI=1S/C18H16Cl2FNO5/c1-9(17(23)22-14-5-4-11(21)8-12(14)19)27-18(24)10-6-13(20)16(26-3)15(7-10)25-2/h4-9H,1-3H3,(H,22,23). The number of methoxy groups -OCH3 is 2. The van der Waals surface area contributed by atoms with E-state index in [4.69, 9.17) is 37.4 Å². The number of carbonyl (C=O) groups is 2. The number of benzene rings is 2. The molecule has 9 heteroatoms. The Bertz CT molecular complexity index is 875. The van der Waals surface area contributed by atoms with E-state index in [1.165, 1.54) is 39.3 Å². The van der Waals surface area contributed by atoms with Gasteiger partial charge in [-0.05, 0) is 37.3 Å². The first-order chi connectivity index (χ1) is 12.8. The number of esters is 1. The summed E-state index contributed by atoms with van der Waals surface area (Å²) in [5.74, 6) is -1.45. The minimum atomic E-state index is -1.15. The molecule has 0 spiro atoms. The van der Waals surface area contributed by atoms with Gasteiger partial charge in [0.1, 0.15) is 5.82 Å². The summed E-state index contributed by atoms with van der Waals surface area (Å²) >= 11 is 11.9. The van der Waals surface area contributed by atoms with Crippen LogP contribution in [0.4, 0.5) is 10.1 Å². The van der Waals surface area contributed by atoms with E-state index in [0.29, 0.717) is 0 Å². The summed E-state index contributed by atoms with van der Waals surface area (Å²) in [7, 11) is 2.81. The van der Waals surface area contributed by atoms with Crippen LogP contribution in [-0.2, 0) is 9.53 Å². The van der Waals surface area contributed by atoms with E-state index >= 15 is 0 Å². The SMILES string of the molecule is COc1cc(C(=O)OC(C)C(=O)Nc2ccc(F)cc2Cl)cc(Cl)c1OC. The summed E-state index contributed by atoms with van der Waals surface area (Å²) in [5.41, 5.74) is 0.275. The first-order valence-electron chi connectivity index (χ1n) is 7.65. The number of amides is 1. The molecule has 0 aliphatic heterocycles. The van der Waals surface area contributed by atoms with Crippen LogP contribution in [0.3, 0.4) is 0 Å². The lowest BCUT2D eigenvalue weighted by molar-refractivity contribution is -0.123. The van der Waals surface area contributed by atoms with Crippen molar-refractivity contribution in [3.63, 3.8) is 0 Å². The quantitative estimate of drug-likeness (QED) is 0.710. The highest BCUT2D eigenvalue weighted by atomic mass is 35.5. The van der Waals surface area contributed by atoms with Crippen molar-refractivity contribution in [1.82, 2.24) is 0 Å². The summed E-state index contributed by atoms with van der Waals surface area (Å²) in [6.07, 6.45) is -1.15. The first-order valence-corrected chi connectivity index (χ1v) is 8.40. The average molecular weight is 416 g/mol. The second-order valence-corrected chi connectivity index (χ2v) is 6.17. The second-order valence-electron chi connectivity index (χ2n) is 5.35. The van der Waals surface area contributed by atoms with Crippen LogP contribution >= 0.6 is 23.2 Å². The third kappa shape index (κ3) is 5.02. The molecule has 0 aliphatic rings. The predicted molar refractivity (Wildman–Crippen MR) is 99.5 cm³/mol. The van der Waals surface area contributed by atoms with Gasteiger partial charge in [0, 0.05) is 0 Å². The van der Waals surface area contributed by atoms with Gasteiger partial charge >= 0.3 is 5.97 Å². The van der Waals surface area contributed by atoms with Crippen LogP contribution in [0.5, 0.6) is 11.5 Å². The fourth-order valence-electron chi connectivity index (χ4n) is 2.14. The minimum Gasteiger partial charge on any atom is -0.493 e. The van der Waals surface area contributed by atoms with E-state index in [0.717, 1.165) is 12.1 Å². The largest absolute Gasteiger partial charge is 0.493 e. The van der Waals surface area contributed by atoms with E-state index in [9.17, 15) is 14.0 Å². The van der Waals surface area contributed by atoms with Gasteiger partial charge in [-0.15, -0.1) is 0 Å². The number of carbonyl (C=O) groups excluding carboxylic acids is 2. The van der Waals surface area contributed by atoms with E-state index in [1.54, 1.807) is 0 Å². The molecule has 0 saturated carbocycles.